The Morgan fingerprint density at radius 2 is 1.93 bits per heavy atom. The van der Waals surface area contributed by atoms with E-state index in [1.807, 2.05) is 12.1 Å². The summed E-state index contributed by atoms with van der Waals surface area (Å²) in [5.41, 5.74) is 0.873. The van der Waals surface area contributed by atoms with Crippen molar-refractivity contribution >= 4 is 24.2 Å². The first-order valence-electron chi connectivity index (χ1n) is 4.49. The van der Waals surface area contributed by atoms with Crippen LogP contribution in [-0.4, -0.2) is 16.0 Å². The second kappa shape index (κ2) is 4.68. The fourth-order valence-corrected chi connectivity index (χ4v) is 1.48. The van der Waals surface area contributed by atoms with Gasteiger partial charge in [0.15, 0.2) is 0 Å². The zero-order valence-electron chi connectivity index (χ0n) is 7.85. The molecule has 0 N–H and O–H groups in total. The van der Waals surface area contributed by atoms with Crippen molar-refractivity contribution in [1.82, 2.24) is 10.2 Å². The van der Waals surface area contributed by atoms with E-state index in [2.05, 4.69) is 22.8 Å². The average Bonchev–Trinajstić information content (AvgIpc) is 2.68. The zero-order valence-corrected chi connectivity index (χ0v) is 9.50. The highest BCUT2D eigenvalue weighted by Gasteiger charge is 2.07. The SMILES string of the molecule is SCCc1nnc(-c2ccc(Cl)cc2)o1. The number of halogens is 1. The highest BCUT2D eigenvalue weighted by atomic mass is 35.5. The lowest BCUT2D eigenvalue weighted by atomic mass is 10.2. The van der Waals surface area contributed by atoms with Crippen LogP contribution in [0.5, 0.6) is 0 Å². The van der Waals surface area contributed by atoms with Crippen LogP contribution in [0.1, 0.15) is 5.89 Å². The van der Waals surface area contributed by atoms with Crippen molar-refractivity contribution in [1.29, 1.82) is 0 Å². The molecule has 1 aromatic heterocycles. The number of thiol groups is 1. The van der Waals surface area contributed by atoms with Gasteiger partial charge >= 0.3 is 0 Å². The van der Waals surface area contributed by atoms with E-state index in [1.165, 1.54) is 0 Å². The van der Waals surface area contributed by atoms with Crippen LogP contribution in [0.25, 0.3) is 11.5 Å². The van der Waals surface area contributed by atoms with Gasteiger partial charge in [0.1, 0.15) is 0 Å². The number of hydrogen-bond acceptors (Lipinski definition) is 4. The number of benzene rings is 1. The maximum Gasteiger partial charge on any atom is 0.247 e. The molecule has 1 heterocycles. The van der Waals surface area contributed by atoms with E-state index in [9.17, 15) is 0 Å². The van der Waals surface area contributed by atoms with Gasteiger partial charge in [-0.05, 0) is 30.0 Å². The van der Waals surface area contributed by atoms with Gasteiger partial charge in [-0.1, -0.05) is 11.6 Å². The summed E-state index contributed by atoms with van der Waals surface area (Å²) in [6.45, 7) is 0. The van der Waals surface area contributed by atoms with E-state index >= 15 is 0 Å². The first-order chi connectivity index (χ1) is 7.29. The Balaban J connectivity index is 2.25. The van der Waals surface area contributed by atoms with Crippen molar-refractivity contribution in [2.24, 2.45) is 0 Å². The van der Waals surface area contributed by atoms with Crippen molar-refractivity contribution in [3.05, 3.63) is 35.2 Å². The third-order valence-corrected chi connectivity index (χ3v) is 2.36. The Labute approximate surface area is 97.9 Å². The minimum atomic E-state index is 0.517. The summed E-state index contributed by atoms with van der Waals surface area (Å²) >= 11 is 9.87. The molecule has 0 aliphatic carbocycles. The molecular formula is C10H9ClN2OS. The van der Waals surface area contributed by atoms with Crippen LogP contribution in [0.4, 0.5) is 0 Å². The minimum absolute atomic E-state index is 0.517. The maximum atomic E-state index is 5.78. The molecule has 15 heavy (non-hydrogen) atoms. The van der Waals surface area contributed by atoms with Crippen LogP contribution in [-0.2, 0) is 6.42 Å². The lowest BCUT2D eigenvalue weighted by molar-refractivity contribution is 0.514. The Kier molecular flexibility index (Phi) is 3.28. The molecule has 2 rings (SSSR count). The van der Waals surface area contributed by atoms with Crippen LogP contribution >= 0.6 is 24.2 Å². The average molecular weight is 241 g/mol. The molecule has 0 bridgehead atoms. The summed E-state index contributed by atoms with van der Waals surface area (Å²) in [5.74, 6) is 1.82. The van der Waals surface area contributed by atoms with Crippen molar-refractivity contribution in [2.75, 3.05) is 5.75 Å². The molecule has 0 atom stereocenters. The van der Waals surface area contributed by atoms with E-state index in [0.717, 1.165) is 5.56 Å². The molecular weight excluding hydrogens is 232 g/mol. The van der Waals surface area contributed by atoms with E-state index < -0.39 is 0 Å². The third-order valence-electron chi connectivity index (χ3n) is 1.88. The van der Waals surface area contributed by atoms with Crippen molar-refractivity contribution < 1.29 is 4.42 Å². The molecule has 0 radical (unpaired) electrons. The van der Waals surface area contributed by atoms with Gasteiger partial charge in [0.25, 0.3) is 0 Å². The van der Waals surface area contributed by atoms with Gasteiger partial charge in [0, 0.05) is 17.0 Å². The van der Waals surface area contributed by atoms with Gasteiger partial charge in [0.05, 0.1) is 0 Å². The largest absolute Gasteiger partial charge is 0.421 e. The molecule has 0 saturated heterocycles. The molecule has 0 spiro atoms. The first-order valence-corrected chi connectivity index (χ1v) is 5.50. The number of hydrogen-bond donors (Lipinski definition) is 1. The van der Waals surface area contributed by atoms with E-state index in [4.69, 9.17) is 16.0 Å². The van der Waals surface area contributed by atoms with Gasteiger partial charge in [0.2, 0.25) is 11.8 Å². The highest BCUT2D eigenvalue weighted by molar-refractivity contribution is 7.80. The Morgan fingerprint density at radius 3 is 2.60 bits per heavy atom. The van der Waals surface area contributed by atoms with Crippen LogP contribution in [0.2, 0.25) is 5.02 Å². The van der Waals surface area contributed by atoms with Crippen molar-refractivity contribution in [3.8, 4) is 11.5 Å². The summed E-state index contributed by atoms with van der Waals surface area (Å²) in [6, 6.07) is 7.28. The summed E-state index contributed by atoms with van der Waals surface area (Å²) in [7, 11) is 0. The zero-order chi connectivity index (χ0) is 10.7. The second-order valence-electron chi connectivity index (χ2n) is 2.98. The molecule has 1 aromatic carbocycles. The first kappa shape index (κ1) is 10.5. The summed E-state index contributed by atoms with van der Waals surface area (Å²) in [4.78, 5) is 0. The fraction of sp³-hybridized carbons (Fsp3) is 0.200. The minimum Gasteiger partial charge on any atom is -0.421 e. The Bertz CT molecular complexity index is 441. The summed E-state index contributed by atoms with van der Waals surface area (Å²) in [6.07, 6.45) is 0.684. The smallest absolute Gasteiger partial charge is 0.247 e. The molecule has 78 valence electrons. The van der Waals surface area contributed by atoms with Gasteiger partial charge < -0.3 is 4.42 Å². The third kappa shape index (κ3) is 2.52. The van der Waals surface area contributed by atoms with Gasteiger partial charge in [-0.3, -0.25) is 0 Å². The Hall–Kier alpha value is -1.00. The molecule has 0 unspecified atom stereocenters. The standard InChI is InChI=1S/C10H9ClN2OS/c11-8-3-1-7(2-4-8)10-13-12-9(14-10)5-6-15/h1-4,15H,5-6H2. The number of aryl methyl sites for hydroxylation is 1. The lowest BCUT2D eigenvalue weighted by Crippen LogP contribution is -1.84. The fourth-order valence-electron chi connectivity index (χ4n) is 1.16. The normalized spacial score (nSPS) is 10.5. The Morgan fingerprint density at radius 1 is 1.20 bits per heavy atom. The quantitative estimate of drug-likeness (QED) is 0.839. The second-order valence-corrected chi connectivity index (χ2v) is 3.87. The van der Waals surface area contributed by atoms with E-state index in [-0.39, 0.29) is 0 Å². The number of nitrogens with zero attached hydrogens (tertiary/aromatic N) is 2. The molecule has 0 saturated carbocycles. The monoisotopic (exact) mass is 240 g/mol. The molecule has 0 amide bonds. The van der Waals surface area contributed by atoms with Crippen LogP contribution in [0.3, 0.4) is 0 Å². The number of aromatic nitrogens is 2. The molecule has 5 heteroatoms. The van der Waals surface area contributed by atoms with Gasteiger partial charge in [-0.15, -0.1) is 10.2 Å². The molecule has 2 aromatic rings. The van der Waals surface area contributed by atoms with E-state index in [0.29, 0.717) is 29.0 Å². The summed E-state index contributed by atoms with van der Waals surface area (Å²) < 4.78 is 5.44. The topological polar surface area (TPSA) is 38.9 Å². The molecule has 0 aliphatic heterocycles. The lowest BCUT2D eigenvalue weighted by Gasteiger charge is -1.93. The summed E-state index contributed by atoms with van der Waals surface area (Å²) in [5, 5.41) is 8.54. The highest BCUT2D eigenvalue weighted by Crippen LogP contribution is 2.20. The predicted octanol–water partition coefficient (Wildman–Crippen LogP) is 2.86. The van der Waals surface area contributed by atoms with E-state index in [1.54, 1.807) is 12.1 Å². The number of rotatable bonds is 3. The maximum absolute atomic E-state index is 5.78. The molecule has 3 nitrogen and oxygen atoms in total. The predicted molar refractivity (Wildman–Crippen MR) is 62.3 cm³/mol. The van der Waals surface area contributed by atoms with Gasteiger partial charge in [-0.25, -0.2) is 0 Å². The van der Waals surface area contributed by atoms with Crippen LogP contribution in [0, 0.1) is 0 Å². The van der Waals surface area contributed by atoms with Crippen molar-refractivity contribution in [2.45, 2.75) is 6.42 Å². The molecule has 0 fully saturated rings. The van der Waals surface area contributed by atoms with Gasteiger partial charge in [-0.2, -0.15) is 12.6 Å². The van der Waals surface area contributed by atoms with Crippen LogP contribution in [0.15, 0.2) is 28.7 Å². The van der Waals surface area contributed by atoms with Crippen molar-refractivity contribution in [3.63, 3.8) is 0 Å². The molecule has 0 aliphatic rings. The van der Waals surface area contributed by atoms with Crippen LogP contribution < -0.4 is 0 Å².